The Hall–Kier alpha value is -1.95. The maximum atomic E-state index is 13.6. The molecule has 4 aliphatic rings. The van der Waals surface area contributed by atoms with Crippen LogP contribution in [0.2, 0.25) is 0 Å². The summed E-state index contributed by atoms with van der Waals surface area (Å²) in [5.74, 6) is 0.958. The van der Waals surface area contributed by atoms with Crippen molar-refractivity contribution in [1.82, 2.24) is 15.1 Å². The van der Waals surface area contributed by atoms with Gasteiger partial charge in [-0.25, -0.2) is 4.39 Å². The molecule has 4 fully saturated rings. The fourth-order valence-electron chi connectivity index (χ4n) is 5.76. The van der Waals surface area contributed by atoms with Crippen molar-refractivity contribution in [2.75, 3.05) is 46.4 Å². The molecule has 2 aromatic carbocycles. The Kier molecular flexibility index (Phi) is 4.62. The number of nitrogens with one attached hydrogen (secondary N) is 1. The smallest absolute Gasteiger partial charge is 0.126 e. The molecular formula is C23H28FN3O. The summed E-state index contributed by atoms with van der Waals surface area (Å²) in [5.41, 5.74) is 2.53. The number of nitrogens with zero attached hydrogens (tertiary/aromatic N) is 2. The van der Waals surface area contributed by atoms with Crippen LogP contribution in [0.4, 0.5) is 4.39 Å². The van der Waals surface area contributed by atoms with Crippen LogP contribution < -0.4 is 10.1 Å². The molecule has 0 aliphatic carbocycles. The molecule has 4 aliphatic heterocycles. The fraction of sp³-hybridized carbons (Fsp3) is 0.478. The van der Waals surface area contributed by atoms with Crippen molar-refractivity contribution in [1.29, 1.82) is 0 Å². The zero-order valence-corrected chi connectivity index (χ0v) is 16.4. The predicted molar refractivity (Wildman–Crippen MR) is 108 cm³/mol. The highest BCUT2D eigenvalue weighted by Crippen LogP contribution is 2.43. The van der Waals surface area contributed by atoms with Gasteiger partial charge in [0, 0.05) is 74.8 Å². The highest BCUT2D eigenvalue weighted by molar-refractivity contribution is 5.36. The van der Waals surface area contributed by atoms with Crippen LogP contribution in [-0.2, 0) is 12.0 Å². The Labute approximate surface area is 166 Å². The molecule has 4 saturated heterocycles. The lowest BCUT2D eigenvalue weighted by Gasteiger charge is -2.56. The summed E-state index contributed by atoms with van der Waals surface area (Å²) in [7, 11) is 1.61. The minimum Gasteiger partial charge on any atom is -0.496 e. The van der Waals surface area contributed by atoms with E-state index in [1.165, 1.54) is 30.8 Å². The Balaban J connectivity index is 1.47. The van der Waals surface area contributed by atoms with E-state index in [0.29, 0.717) is 24.3 Å². The van der Waals surface area contributed by atoms with Crippen LogP contribution in [-0.4, -0.2) is 62.2 Å². The van der Waals surface area contributed by atoms with Gasteiger partial charge < -0.3 is 19.9 Å². The lowest BCUT2D eigenvalue weighted by atomic mass is 9.64. The number of hydrogen-bond donors (Lipinski definition) is 1. The first-order chi connectivity index (χ1) is 13.7. The Morgan fingerprint density at radius 2 is 1.79 bits per heavy atom. The molecule has 0 spiro atoms. The summed E-state index contributed by atoms with van der Waals surface area (Å²) in [6.45, 7) is 7.55. The molecule has 2 aromatic rings. The van der Waals surface area contributed by atoms with Gasteiger partial charge in [-0.2, -0.15) is 0 Å². The second kappa shape index (κ2) is 7.14. The monoisotopic (exact) mass is 381 g/mol. The molecule has 3 unspecified atom stereocenters. The van der Waals surface area contributed by atoms with Gasteiger partial charge in [-0.3, -0.25) is 0 Å². The summed E-state index contributed by atoms with van der Waals surface area (Å²) < 4.78 is 19.0. The minimum atomic E-state index is -0.256. The first kappa shape index (κ1) is 18.1. The van der Waals surface area contributed by atoms with Crippen molar-refractivity contribution in [2.24, 2.45) is 5.92 Å². The van der Waals surface area contributed by atoms with E-state index in [2.05, 4.69) is 45.4 Å². The normalized spacial score (nSPS) is 33.6. The van der Waals surface area contributed by atoms with Gasteiger partial charge in [0.15, 0.2) is 0 Å². The summed E-state index contributed by atoms with van der Waals surface area (Å²) in [5, 5.41) is 3.89. The molecule has 28 heavy (non-hydrogen) atoms. The van der Waals surface area contributed by atoms with E-state index in [9.17, 15) is 4.39 Å². The molecule has 3 atom stereocenters. The number of methoxy groups -OCH3 is 1. The average molecular weight is 381 g/mol. The predicted octanol–water partition coefficient (Wildman–Crippen LogP) is 2.49. The van der Waals surface area contributed by atoms with Crippen LogP contribution >= 0.6 is 0 Å². The molecule has 148 valence electrons. The lowest BCUT2D eigenvalue weighted by molar-refractivity contribution is 0.0174. The van der Waals surface area contributed by atoms with Gasteiger partial charge >= 0.3 is 0 Å². The summed E-state index contributed by atoms with van der Waals surface area (Å²) in [4.78, 5) is 5.31. The van der Waals surface area contributed by atoms with Gasteiger partial charge in [-0.05, 0) is 11.6 Å². The van der Waals surface area contributed by atoms with Crippen LogP contribution in [0.5, 0.6) is 5.75 Å². The van der Waals surface area contributed by atoms with Crippen molar-refractivity contribution in [3.63, 3.8) is 0 Å². The van der Waals surface area contributed by atoms with Gasteiger partial charge in [0.05, 0.1) is 7.11 Å². The van der Waals surface area contributed by atoms with Crippen molar-refractivity contribution in [2.45, 2.75) is 18.0 Å². The number of piperidine rings is 2. The number of ether oxygens (including phenoxy) is 1. The van der Waals surface area contributed by atoms with Gasteiger partial charge in [0.2, 0.25) is 0 Å². The van der Waals surface area contributed by atoms with Gasteiger partial charge in [-0.15, -0.1) is 0 Å². The third-order valence-corrected chi connectivity index (χ3v) is 6.91. The third kappa shape index (κ3) is 3.02. The van der Waals surface area contributed by atoms with Crippen molar-refractivity contribution < 1.29 is 9.13 Å². The van der Waals surface area contributed by atoms with E-state index in [1.54, 1.807) is 7.11 Å². The Morgan fingerprint density at radius 3 is 2.46 bits per heavy atom. The number of rotatable bonds is 5. The maximum absolute atomic E-state index is 13.6. The van der Waals surface area contributed by atoms with Crippen LogP contribution in [0.3, 0.4) is 0 Å². The van der Waals surface area contributed by atoms with E-state index < -0.39 is 0 Å². The van der Waals surface area contributed by atoms with E-state index >= 15 is 0 Å². The third-order valence-electron chi connectivity index (χ3n) is 6.91. The molecule has 4 bridgehead atoms. The molecule has 1 N–H and O–H groups in total. The van der Waals surface area contributed by atoms with Crippen LogP contribution in [0.1, 0.15) is 11.1 Å². The van der Waals surface area contributed by atoms with Crippen molar-refractivity contribution in [3.05, 3.63) is 65.5 Å². The van der Waals surface area contributed by atoms with Gasteiger partial charge in [-0.1, -0.05) is 36.4 Å². The Morgan fingerprint density at radius 1 is 1.07 bits per heavy atom. The van der Waals surface area contributed by atoms with E-state index in [4.69, 9.17) is 4.74 Å². The summed E-state index contributed by atoms with van der Waals surface area (Å²) >= 11 is 0. The van der Waals surface area contributed by atoms with Gasteiger partial charge in [0.1, 0.15) is 11.6 Å². The topological polar surface area (TPSA) is 27.7 Å². The summed E-state index contributed by atoms with van der Waals surface area (Å²) in [6, 6.07) is 16.2. The van der Waals surface area contributed by atoms with Gasteiger partial charge in [0.25, 0.3) is 0 Å². The zero-order chi connectivity index (χ0) is 19.1. The molecule has 0 radical (unpaired) electrons. The van der Waals surface area contributed by atoms with Crippen molar-refractivity contribution >= 4 is 0 Å². The number of halogens is 1. The minimum absolute atomic E-state index is 0.0895. The molecule has 6 rings (SSSR count). The average Bonchev–Trinajstić information content (AvgIpc) is 2.97. The molecule has 0 saturated carbocycles. The van der Waals surface area contributed by atoms with Crippen molar-refractivity contribution in [3.8, 4) is 5.75 Å². The van der Waals surface area contributed by atoms with E-state index in [-0.39, 0.29) is 11.2 Å². The Bertz CT molecular complexity index is 827. The zero-order valence-electron chi connectivity index (χ0n) is 16.4. The summed E-state index contributed by atoms with van der Waals surface area (Å²) in [6.07, 6.45) is 0. The lowest BCUT2D eigenvalue weighted by Crippen LogP contribution is -2.69. The second-order valence-corrected chi connectivity index (χ2v) is 8.57. The largest absolute Gasteiger partial charge is 0.496 e. The van der Waals surface area contributed by atoms with Crippen LogP contribution in [0, 0.1) is 11.7 Å². The quantitative estimate of drug-likeness (QED) is 0.861. The number of fused-ring (bicyclic) bond motifs is 1. The molecule has 4 nitrogen and oxygen atoms in total. The second-order valence-electron chi connectivity index (χ2n) is 8.57. The van der Waals surface area contributed by atoms with E-state index in [1.807, 2.05) is 6.07 Å². The number of hydrogen-bond acceptors (Lipinski definition) is 4. The first-order valence-electron chi connectivity index (χ1n) is 10.2. The maximum Gasteiger partial charge on any atom is 0.126 e. The highest BCUT2D eigenvalue weighted by Gasteiger charge is 2.54. The first-order valence-corrected chi connectivity index (χ1v) is 10.2. The molecule has 0 aromatic heterocycles. The SMILES string of the molecule is COc1cc(F)ccc1CNC1C2CN3CCN(C2)CC1(c1ccccc1)C3. The number of benzene rings is 2. The van der Waals surface area contributed by atoms with E-state index in [0.717, 1.165) is 31.7 Å². The highest BCUT2D eigenvalue weighted by atomic mass is 19.1. The fourth-order valence-corrected chi connectivity index (χ4v) is 5.76. The standard InChI is InChI=1S/C23H28FN3O/c1-28-21-11-20(24)8-7-17(21)12-25-22-18-13-26-9-10-27(14-18)16-23(22,15-26)19-5-3-2-4-6-19/h2-8,11,18,22,25H,9-10,12-16H2,1H3. The molecule has 0 amide bonds. The molecular weight excluding hydrogens is 353 g/mol. The molecule has 4 heterocycles. The van der Waals surface area contributed by atoms with Crippen LogP contribution in [0.25, 0.3) is 0 Å². The van der Waals surface area contributed by atoms with Crippen LogP contribution in [0.15, 0.2) is 48.5 Å². The molecule has 5 heteroatoms.